The largest absolute Gasteiger partial charge is 0.311 e. The zero-order valence-electron chi connectivity index (χ0n) is 16.2. The zero-order chi connectivity index (χ0) is 19.6. The highest BCUT2D eigenvalue weighted by molar-refractivity contribution is 6.16. The lowest BCUT2D eigenvalue weighted by atomic mass is 9.71. The maximum atomic E-state index is 13.7. The molecule has 6 nitrogen and oxygen atoms in total. The van der Waals surface area contributed by atoms with Crippen molar-refractivity contribution < 1.29 is 9.59 Å². The van der Waals surface area contributed by atoms with Gasteiger partial charge < -0.3 is 10.2 Å². The molecule has 0 radical (unpaired) electrons. The molecule has 2 aliphatic heterocycles. The molecule has 2 aromatic rings. The van der Waals surface area contributed by atoms with Crippen LogP contribution in [0.3, 0.4) is 0 Å². The first kappa shape index (κ1) is 17.5. The standard InChI is InChI=1S/C21H24N4O2/c1-6-10-24-17-13(2)8-7-9-14(17)21(19(24)27)11-16(26)23-18-15(21)12-22-25(18)20(3,4)5/h6-9,12H,1,10-11H2,2-5H3,(H,23,26)/t21-/m1/s1. The van der Waals surface area contributed by atoms with Crippen molar-refractivity contribution in [3.8, 4) is 0 Å². The van der Waals surface area contributed by atoms with Gasteiger partial charge in [-0.25, -0.2) is 4.68 Å². The molecular weight excluding hydrogens is 340 g/mol. The smallest absolute Gasteiger partial charge is 0.243 e. The number of nitrogens with zero attached hydrogens (tertiary/aromatic N) is 3. The first-order valence-electron chi connectivity index (χ1n) is 9.13. The minimum Gasteiger partial charge on any atom is -0.311 e. The minimum atomic E-state index is -1.04. The van der Waals surface area contributed by atoms with Gasteiger partial charge in [-0.3, -0.25) is 9.59 Å². The summed E-state index contributed by atoms with van der Waals surface area (Å²) in [6, 6.07) is 5.89. The average molecular weight is 364 g/mol. The molecule has 3 heterocycles. The second kappa shape index (κ2) is 5.55. The molecule has 1 spiro atoms. The van der Waals surface area contributed by atoms with Crippen LogP contribution in [0, 0.1) is 6.92 Å². The summed E-state index contributed by atoms with van der Waals surface area (Å²) in [6.07, 6.45) is 3.54. The van der Waals surface area contributed by atoms with E-state index >= 15 is 0 Å². The molecule has 0 unspecified atom stereocenters. The Hall–Kier alpha value is -2.89. The van der Waals surface area contributed by atoms with Crippen LogP contribution in [0.2, 0.25) is 0 Å². The Kier molecular flexibility index (Phi) is 3.60. The molecule has 1 N–H and O–H groups in total. The summed E-state index contributed by atoms with van der Waals surface area (Å²) in [5.74, 6) is 0.353. The predicted molar refractivity (Wildman–Crippen MR) is 105 cm³/mol. The van der Waals surface area contributed by atoms with E-state index in [-0.39, 0.29) is 23.8 Å². The Balaban J connectivity index is 2.04. The summed E-state index contributed by atoms with van der Waals surface area (Å²) in [4.78, 5) is 28.2. The number of aromatic nitrogens is 2. The lowest BCUT2D eigenvalue weighted by Gasteiger charge is -2.34. The Morgan fingerprint density at radius 1 is 1.30 bits per heavy atom. The van der Waals surface area contributed by atoms with E-state index in [9.17, 15) is 9.59 Å². The molecule has 0 bridgehead atoms. The van der Waals surface area contributed by atoms with Gasteiger partial charge in [-0.1, -0.05) is 24.3 Å². The molecule has 1 atom stereocenters. The van der Waals surface area contributed by atoms with Crippen molar-refractivity contribution in [2.45, 2.75) is 45.1 Å². The summed E-state index contributed by atoms with van der Waals surface area (Å²) < 4.78 is 1.79. The number of hydrogen-bond acceptors (Lipinski definition) is 3. The van der Waals surface area contributed by atoms with Crippen molar-refractivity contribution in [1.29, 1.82) is 0 Å². The Morgan fingerprint density at radius 3 is 2.70 bits per heavy atom. The summed E-state index contributed by atoms with van der Waals surface area (Å²) >= 11 is 0. The lowest BCUT2D eigenvalue weighted by Crippen LogP contribution is -2.47. The van der Waals surface area contributed by atoms with Crippen LogP contribution in [0.15, 0.2) is 37.1 Å². The molecular formula is C21H24N4O2. The highest BCUT2D eigenvalue weighted by atomic mass is 16.2. The SMILES string of the molecule is C=CCN1C(=O)[C@]2(CC(=O)Nc3c2cnn3C(C)(C)C)c2cccc(C)c21. The number of hydrogen-bond donors (Lipinski definition) is 1. The predicted octanol–water partition coefficient (Wildman–Crippen LogP) is 3.11. The number of rotatable bonds is 2. The molecule has 1 aromatic carbocycles. The molecule has 0 aliphatic carbocycles. The number of para-hydroxylation sites is 1. The van der Waals surface area contributed by atoms with E-state index in [1.165, 1.54) is 0 Å². The van der Waals surface area contributed by atoms with Crippen molar-refractivity contribution in [3.05, 3.63) is 53.7 Å². The van der Waals surface area contributed by atoms with Crippen molar-refractivity contribution in [3.63, 3.8) is 0 Å². The normalized spacial score (nSPS) is 21.3. The fourth-order valence-corrected chi connectivity index (χ4v) is 4.35. The average Bonchev–Trinajstić information content (AvgIpc) is 3.10. The van der Waals surface area contributed by atoms with Crippen LogP contribution in [0.1, 0.15) is 43.9 Å². The zero-order valence-corrected chi connectivity index (χ0v) is 16.2. The van der Waals surface area contributed by atoms with Gasteiger partial charge in [0.05, 0.1) is 17.4 Å². The fourth-order valence-electron chi connectivity index (χ4n) is 4.35. The van der Waals surface area contributed by atoms with Gasteiger partial charge in [0.1, 0.15) is 11.2 Å². The van der Waals surface area contributed by atoms with E-state index in [4.69, 9.17) is 0 Å². The summed E-state index contributed by atoms with van der Waals surface area (Å²) in [7, 11) is 0. The van der Waals surface area contributed by atoms with Gasteiger partial charge in [-0.05, 0) is 38.8 Å². The van der Waals surface area contributed by atoms with Crippen molar-refractivity contribution in [1.82, 2.24) is 9.78 Å². The molecule has 27 heavy (non-hydrogen) atoms. The molecule has 2 amide bonds. The van der Waals surface area contributed by atoms with Crippen LogP contribution in [-0.2, 0) is 20.5 Å². The van der Waals surface area contributed by atoms with E-state index < -0.39 is 5.41 Å². The minimum absolute atomic E-state index is 0.0821. The van der Waals surface area contributed by atoms with Gasteiger partial charge in [-0.2, -0.15) is 5.10 Å². The van der Waals surface area contributed by atoms with Gasteiger partial charge in [0.2, 0.25) is 11.8 Å². The van der Waals surface area contributed by atoms with Crippen LogP contribution in [-0.4, -0.2) is 28.1 Å². The molecule has 140 valence electrons. The van der Waals surface area contributed by atoms with E-state index in [1.54, 1.807) is 21.9 Å². The first-order valence-corrected chi connectivity index (χ1v) is 9.13. The summed E-state index contributed by atoms with van der Waals surface area (Å²) in [6.45, 7) is 12.3. The van der Waals surface area contributed by atoms with E-state index in [1.807, 2.05) is 45.9 Å². The van der Waals surface area contributed by atoms with Gasteiger partial charge in [-0.15, -0.1) is 6.58 Å². The Morgan fingerprint density at radius 2 is 2.04 bits per heavy atom. The van der Waals surface area contributed by atoms with E-state index in [0.717, 1.165) is 22.4 Å². The third-order valence-electron chi connectivity index (χ3n) is 5.44. The number of nitrogens with one attached hydrogen (secondary N) is 1. The van der Waals surface area contributed by atoms with Crippen molar-refractivity contribution in [2.75, 3.05) is 16.8 Å². The number of fused-ring (bicyclic) bond motifs is 4. The monoisotopic (exact) mass is 364 g/mol. The Labute approximate surface area is 158 Å². The number of anilines is 2. The highest BCUT2D eigenvalue weighted by Crippen LogP contribution is 2.53. The number of carbonyl (C=O) groups excluding carboxylic acids is 2. The molecule has 0 fully saturated rings. The number of benzene rings is 1. The van der Waals surface area contributed by atoms with Crippen LogP contribution < -0.4 is 10.2 Å². The topological polar surface area (TPSA) is 67.2 Å². The van der Waals surface area contributed by atoms with Gasteiger partial charge in [0.25, 0.3) is 0 Å². The third-order valence-corrected chi connectivity index (χ3v) is 5.44. The maximum Gasteiger partial charge on any atom is 0.243 e. The van der Waals surface area contributed by atoms with Gasteiger partial charge in [0, 0.05) is 18.5 Å². The molecule has 1 aromatic heterocycles. The number of aryl methyl sites for hydroxylation is 1. The summed E-state index contributed by atoms with van der Waals surface area (Å²) in [5.41, 5.74) is 2.17. The second-order valence-electron chi connectivity index (χ2n) is 8.30. The molecule has 6 heteroatoms. The van der Waals surface area contributed by atoms with Crippen LogP contribution in [0.5, 0.6) is 0 Å². The van der Waals surface area contributed by atoms with Crippen LogP contribution >= 0.6 is 0 Å². The molecule has 2 aliphatic rings. The van der Waals surface area contributed by atoms with Crippen molar-refractivity contribution >= 4 is 23.3 Å². The van der Waals surface area contributed by atoms with Gasteiger partial charge in [0.15, 0.2) is 0 Å². The van der Waals surface area contributed by atoms with Crippen LogP contribution in [0.4, 0.5) is 11.5 Å². The van der Waals surface area contributed by atoms with Crippen LogP contribution in [0.25, 0.3) is 0 Å². The Bertz CT molecular complexity index is 983. The van der Waals surface area contributed by atoms with Crippen molar-refractivity contribution in [2.24, 2.45) is 0 Å². The first-order chi connectivity index (χ1) is 12.7. The molecule has 0 saturated carbocycles. The third kappa shape index (κ3) is 2.22. The summed E-state index contributed by atoms with van der Waals surface area (Å²) in [5, 5.41) is 7.48. The maximum absolute atomic E-state index is 13.7. The lowest BCUT2D eigenvalue weighted by molar-refractivity contribution is -0.126. The second-order valence-corrected chi connectivity index (χ2v) is 8.30. The quantitative estimate of drug-likeness (QED) is 0.833. The van der Waals surface area contributed by atoms with Gasteiger partial charge >= 0.3 is 0 Å². The molecule has 0 saturated heterocycles. The van der Waals surface area contributed by atoms with E-state index in [2.05, 4.69) is 17.0 Å². The number of carbonyl (C=O) groups is 2. The fraction of sp³-hybridized carbons (Fsp3) is 0.381. The molecule has 4 rings (SSSR count). The number of amides is 2. The van der Waals surface area contributed by atoms with E-state index in [0.29, 0.717) is 12.4 Å². The highest BCUT2D eigenvalue weighted by Gasteiger charge is 2.57.